The fourth-order valence-corrected chi connectivity index (χ4v) is 2.55. The maximum absolute atomic E-state index is 11.8. The highest BCUT2D eigenvalue weighted by atomic mass is 35.5. The zero-order valence-corrected chi connectivity index (χ0v) is 11.8. The zero-order chi connectivity index (χ0) is 13.7. The number of hydrogen-bond donors (Lipinski definition) is 2. The zero-order valence-electron chi connectivity index (χ0n) is 11.0. The molecule has 0 aromatic heterocycles. The van der Waals surface area contributed by atoms with Crippen LogP contribution < -0.4 is 10.6 Å². The molecule has 1 aliphatic rings. The number of methoxy groups -OCH3 is 1. The predicted octanol–water partition coefficient (Wildman–Crippen LogP) is 1.68. The summed E-state index contributed by atoms with van der Waals surface area (Å²) in [6, 6.07) is 5.99. The van der Waals surface area contributed by atoms with Crippen LogP contribution in [-0.4, -0.2) is 32.7 Å². The van der Waals surface area contributed by atoms with Crippen LogP contribution in [0.3, 0.4) is 0 Å². The molecule has 4 nitrogen and oxygen atoms in total. The Hall–Kier alpha value is -1.10. The van der Waals surface area contributed by atoms with E-state index in [1.807, 2.05) is 18.2 Å². The first-order valence-electron chi connectivity index (χ1n) is 6.48. The van der Waals surface area contributed by atoms with Crippen molar-refractivity contribution >= 4 is 17.5 Å². The van der Waals surface area contributed by atoms with Crippen LogP contribution in [-0.2, 0) is 16.0 Å². The largest absolute Gasteiger partial charge is 0.383 e. The minimum Gasteiger partial charge on any atom is -0.383 e. The van der Waals surface area contributed by atoms with Gasteiger partial charge in [0.05, 0.1) is 19.2 Å². The quantitative estimate of drug-likeness (QED) is 0.781. The number of benzene rings is 1. The van der Waals surface area contributed by atoms with Crippen LogP contribution in [0.5, 0.6) is 0 Å². The van der Waals surface area contributed by atoms with Crippen molar-refractivity contribution in [3.8, 4) is 0 Å². The summed E-state index contributed by atoms with van der Waals surface area (Å²) in [5.74, 6) is 0.0175. The molecule has 2 rings (SSSR count). The van der Waals surface area contributed by atoms with Gasteiger partial charge in [-0.05, 0) is 36.1 Å². The number of amides is 1. The first-order valence-corrected chi connectivity index (χ1v) is 6.86. The number of carbonyl (C=O) groups is 1. The highest BCUT2D eigenvalue weighted by molar-refractivity contribution is 6.30. The van der Waals surface area contributed by atoms with Crippen molar-refractivity contribution in [1.82, 2.24) is 10.6 Å². The molecule has 1 atom stereocenters. The molecule has 2 N–H and O–H groups in total. The number of rotatable bonds is 6. The van der Waals surface area contributed by atoms with E-state index in [1.54, 1.807) is 7.11 Å². The molecule has 1 aromatic carbocycles. The number of fused-ring (bicyclic) bond motifs is 1. The summed E-state index contributed by atoms with van der Waals surface area (Å²) in [6.07, 6.45) is 1.91. The average molecular weight is 283 g/mol. The lowest BCUT2D eigenvalue weighted by molar-refractivity contribution is -0.121. The molecule has 19 heavy (non-hydrogen) atoms. The second-order valence-electron chi connectivity index (χ2n) is 4.67. The first-order chi connectivity index (χ1) is 9.20. The van der Waals surface area contributed by atoms with E-state index in [1.165, 1.54) is 11.1 Å². The summed E-state index contributed by atoms with van der Waals surface area (Å²) in [4.78, 5) is 11.8. The normalized spacial score (nSPS) is 17.3. The summed E-state index contributed by atoms with van der Waals surface area (Å²) in [6.45, 7) is 1.61. The summed E-state index contributed by atoms with van der Waals surface area (Å²) in [5.41, 5.74) is 2.43. The lowest BCUT2D eigenvalue weighted by Crippen LogP contribution is -2.36. The number of aryl methyl sites for hydroxylation is 1. The molecule has 0 heterocycles. The number of nitrogens with one attached hydrogen (secondary N) is 2. The molecular formula is C14H19ClN2O2. The minimum absolute atomic E-state index is 0.0175. The summed E-state index contributed by atoms with van der Waals surface area (Å²) >= 11 is 5.97. The van der Waals surface area contributed by atoms with Gasteiger partial charge in [-0.1, -0.05) is 17.7 Å². The van der Waals surface area contributed by atoms with Gasteiger partial charge in [0, 0.05) is 18.7 Å². The third kappa shape index (κ3) is 3.93. The number of ether oxygens (including phenoxy) is 1. The van der Waals surface area contributed by atoms with Gasteiger partial charge < -0.3 is 15.4 Å². The van der Waals surface area contributed by atoms with E-state index in [2.05, 4.69) is 10.6 Å². The molecule has 1 aromatic rings. The van der Waals surface area contributed by atoms with E-state index in [-0.39, 0.29) is 11.9 Å². The molecule has 0 spiro atoms. The van der Waals surface area contributed by atoms with Crippen LogP contribution in [0.1, 0.15) is 23.6 Å². The van der Waals surface area contributed by atoms with Gasteiger partial charge in [-0.3, -0.25) is 4.79 Å². The van der Waals surface area contributed by atoms with Crippen molar-refractivity contribution in [2.24, 2.45) is 0 Å². The van der Waals surface area contributed by atoms with Crippen molar-refractivity contribution in [1.29, 1.82) is 0 Å². The van der Waals surface area contributed by atoms with E-state index in [4.69, 9.17) is 16.3 Å². The van der Waals surface area contributed by atoms with Crippen molar-refractivity contribution in [2.75, 3.05) is 26.8 Å². The molecule has 0 aliphatic heterocycles. The van der Waals surface area contributed by atoms with Crippen LogP contribution in [0.25, 0.3) is 0 Å². The fraction of sp³-hybridized carbons (Fsp3) is 0.500. The Balaban J connectivity index is 1.83. The van der Waals surface area contributed by atoms with Gasteiger partial charge in [0.1, 0.15) is 0 Å². The first kappa shape index (κ1) is 14.3. The van der Waals surface area contributed by atoms with Crippen molar-refractivity contribution in [3.63, 3.8) is 0 Å². The standard InChI is InChI=1S/C14H19ClN2O2/c1-19-7-6-16-9-14(18)17-13-5-2-10-8-11(15)3-4-12(10)13/h3-4,8,13,16H,2,5-7,9H2,1H3,(H,17,18). The van der Waals surface area contributed by atoms with Gasteiger partial charge in [-0.2, -0.15) is 0 Å². The molecule has 1 aliphatic carbocycles. The molecule has 0 bridgehead atoms. The summed E-state index contributed by atoms with van der Waals surface area (Å²) in [5, 5.41) is 6.84. The average Bonchev–Trinajstić information content (AvgIpc) is 2.77. The van der Waals surface area contributed by atoms with Crippen molar-refractivity contribution in [2.45, 2.75) is 18.9 Å². The molecule has 0 fully saturated rings. The third-order valence-corrected chi connectivity index (χ3v) is 3.52. The van der Waals surface area contributed by atoms with E-state index in [0.717, 1.165) is 17.9 Å². The SMILES string of the molecule is COCCNCC(=O)NC1CCc2cc(Cl)ccc21. The molecule has 104 valence electrons. The fourth-order valence-electron chi connectivity index (χ4n) is 2.36. The van der Waals surface area contributed by atoms with Gasteiger partial charge in [-0.25, -0.2) is 0 Å². The van der Waals surface area contributed by atoms with Gasteiger partial charge in [0.2, 0.25) is 5.91 Å². The molecule has 5 heteroatoms. The van der Waals surface area contributed by atoms with Crippen LogP contribution in [0.4, 0.5) is 0 Å². The van der Waals surface area contributed by atoms with Crippen molar-refractivity contribution < 1.29 is 9.53 Å². The van der Waals surface area contributed by atoms with Crippen LogP contribution >= 0.6 is 11.6 Å². The Kier molecular flexibility index (Phi) is 5.19. The Morgan fingerprint density at radius 2 is 2.37 bits per heavy atom. The van der Waals surface area contributed by atoms with Crippen molar-refractivity contribution in [3.05, 3.63) is 34.3 Å². The van der Waals surface area contributed by atoms with E-state index in [9.17, 15) is 4.79 Å². The monoisotopic (exact) mass is 282 g/mol. The Morgan fingerprint density at radius 3 is 3.16 bits per heavy atom. The van der Waals surface area contributed by atoms with E-state index >= 15 is 0 Å². The lowest BCUT2D eigenvalue weighted by Gasteiger charge is -2.14. The molecule has 1 unspecified atom stereocenters. The second-order valence-corrected chi connectivity index (χ2v) is 5.11. The summed E-state index contributed by atoms with van der Waals surface area (Å²) in [7, 11) is 1.64. The maximum atomic E-state index is 11.8. The number of hydrogen-bond acceptors (Lipinski definition) is 3. The molecule has 0 saturated heterocycles. The smallest absolute Gasteiger partial charge is 0.234 e. The second kappa shape index (κ2) is 6.89. The van der Waals surface area contributed by atoms with Gasteiger partial charge >= 0.3 is 0 Å². The van der Waals surface area contributed by atoms with Gasteiger partial charge in [0.25, 0.3) is 0 Å². The van der Waals surface area contributed by atoms with E-state index in [0.29, 0.717) is 19.7 Å². The Morgan fingerprint density at radius 1 is 1.53 bits per heavy atom. The van der Waals surface area contributed by atoms with Crippen LogP contribution in [0.15, 0.2) is 18.2 Å². The number of halogens is 1. The molecule has 1 amide bonds. The third-order valence-electron chi connectivity index (χ3n) is 3.29. The lowest BCUT2D eigenvalue weighted by atomic mass is 10.1. The molecular weight excluding hydrogens is 264 g/mol. The minimum atomic E-state index is 0.0175. The van der Waals surface area contributed by atoms with Gasteiger partial charge in [0.15, 0.2) is 0 Å². The topological polar surface area (TPSA) is 50.4 Å². The Bertz CT molecular complexity index is 451. The number of carbonyl (C=O) groups excluding carboxylic acids is 1. The van der Waals surface area contributed by atoms with Crippen LogP contribution in [0, 0.1) is 0 Å². The molecule has 0 saturated carbocycles. The Labute approximate surface area is 118 Å². The predicted molar refractivity (Wildman–Crippen MR) is 75.4 cm³/mol. The maximum Gasteiger partial charge on any atom is 0.234 e. The summed E-state index contributed by atoms with van der Waals surface area (Å²) < 4.78 is 4.91. The van der Waals surface area contributed by atoms with E-state index < -0.39 is 0 Å². The highest BCUT2D eigenvalue weighted by Crippen LogP contribution is 2.32. The van der Waals surface area contributed by atoms with Crippen LogP contribution in [0.2, 0.25) is 5.02 Å². The molecule has 0 radical (unpaired) electrons. The highest BCUT2D eigenvalue weighted by Gasteiger charge is 2.23. The van der Waals surface area contributed by atoms with Gasteiger partial charge in [-0.15, -0.1) is 0 Å².